The van der Waals surface area contributed by atoms with Crippen molar-refractivity contribution >= 4 is 28.3 Å². The molecule has 0 aliphatic rings. The predicted molar refractivity (Wildman–Crippen MR) is 105 cm³/mol. The molecule has 0 saturated heterocycles. The van der Waals surface area contributed by atoms with Crippen molar-refractivity contribution in [2.24, 2.45) is 0 Å². The molecule has 0 saturated carbocycles. The minimum Gasteiger partial charge on any atom is -0.351 e. The molecule has 0 bridgehead atoms. The number of benzene rings is 2. The maximum atomic E-state index is 13.4. The Bertz CT molecular complexity index is 1120. The van der Waals surface area contributed by atoms with Crippen LogP contribution in [0.3, 0.4) is 0 Å². The van der Waals surface area contributed by atoms with Gasteiger partial charge < -0.3 is 10.3 Å². The first-order chi connectivity index (χ1) is 13.9. The second-order valence-corrected chi connectivity index (χ2v) is 7.27. The molecule has 2 N–H and O–H groups in total. The summed E-state index contributed by atoms with van der Waals surface area (Å²) in [7, 11) is 0. The highest BCUT2D eigenvalue weighted by atomic mass is 32.1. The minimum absolute atomic E-state index is 0.147. The number of imidazole rings is 1. The van der Waals surface area contributed by atoms with Gasteiger partial charge in [0, 0.05) is 18.5 Å². The topological polar surface area (TPSA) is 70.7 Å². The molecule has 1 amide bonds. The first-order valence-corrected chi connectivity index (χ1v) is 9.59. The van der Waals surface area contributed by atoms with Crippen molar-refractivity contribution < 1.29 is 18.0 Å². The van der Waals surface area contributed by atoms with Crippen LogP contribution in [-0.4, -0.2) is 27.4 Å². The van der Waals surface area contributed by atoms with Gasteiger partial charge in [0.15, 0.2) is 5.69 Å². The zero-order valence-corrected chi connectivity index (χ0v) is 15.8. The number of amides is 1. The summed E-state index contributed by atoms with van der Waals surface area (Å²) in [5.74, 6) is -0.148. The lowest BCUT2D eigenvalue weighted by Gasteiger charge is -2.06. The molecule has 0 unspecified atom stereocenters. The van der Waals surface area contributed by atoms with Crippen LogP contribution in [0.25, 0.3) is 21.6 Å². The third-order valence-corrected chi connectivity index (χ3v) is 5.31. The fourth-order valence-corrected chi connectivity index (χ4v) is 3.88. The highest BCUT2D eigenvalue weighted by Gasteiger charge is 2.39. The molecule has 2 aromatic heterocycles. The number of hydrogen-bond donors (Lipinski definition) is 2. The van der Waals surface area contributed by atoms with Crippen molar-refractivity contribution in [3.63, 3.8) is 0 Å². The van der Waals surface area contributed by atoms with Gasteiger partial charge in [0.25, 0.3) is 5.91 Å². The quantitative estimate of drug-likeness (QED) is 0.496. The molecular formula is C20H15F3N4OS. The average molecular weight is 416 g/mol. The summed E-state index contributed by atoms with van der Waals surface area (Å²) in [6.07, 6.45) is -4.35. The molecule has 4 aromatic rings. The van der Waals surface area contributed by atoms with Crippen LogP contribution < -0.4 is 5.32 Å². The number of alkyl halides is 3. The number of nitrogens with zero attached hydrogens (tertiary/aromatic N) is 2. The second-order valence-electron chi connectivity index (χ2n) is 6.27. The van der Waals surface area contributed by atoms with E-state index < -0.39 is 22.7 Å². The number of halogens is 3. The summed E-state index contributed by atoms with van der Waals surface area (Å²) in [4.78, 5) is 23.2. The lowest BCUT2D eigenvalue weighted by molar-refractivity contribution is -0.141. The molecule has 0 spiro atoms. The van der Waals surface area contributed by atoms with Gasteiger partial charge >= 0.3 is 6.18 Å². The molecule has 0 atom stereocenters. The lowest BCUT2D eigenvalue weighted by Crippen LogP contribution is -2.27. The van der Waals surface area contributed by atoms with Crippen molar-refractivity contribution in [1.29, 1.82) is 0 Å². The van der Waals surface area contributed by atoms with Crippen molar-refractivity contribution in [2.45, 2.75) is 12.6 Å². The van der Waals surface area contributed by atoms with E-state index in [9.17, 15) is 18.0 Å². The molecular weight excluding hydrogens is 401 g/mol. The molecule has 4 rings (SSSR count). The first-order valence-electron chi connectivity index (χ1n) is 8.77. The average Bonchev–Trinajstić information content (AvgIpc) is 3.33. The maximum Gasteiger partial charge on any atom is 0.435 e. The van der Waals surface area contributed by atoms with Crippen molar-refractivity contribution in [1.82, 2.24) is 20.3 Å². The van der Waals surface area contributed by atoms with Crippen LogP contribution >= 0.6 is 11.3 Å². The van der Waals surface area contributed by atoms with Gasteiger partial charge in [-0.1, -0.05) is 42.5 Å². The predicted octanol–water partition coefficient (Wildman–Crippen LogP) is 4.68. The zero-order valence-electron chi connectivity index (χ0n) is 15.0. The number of fused-ring (bicyclic) bond motifs is 1. The minimum atomic E-state index is -4.71. The van der Waals surface area contributed by atoms with E-state index in [4.69, 9.17) is 0 Å². The fraction of sp³-hybridized carbons (Fsp3) is 0.150. The third-order valence-electron chi connectivity index (χ3n) is 4.21. The van der Waals surface area contributed by atoms with E-state index >= 15 is 0 Å². The molecule has 2 heterocycles. The number of carbonyl (C=O) groups is 1. The largest absolute Gasteiger partial charge is 0.435 e. The van der Waals surface area contributed by atoms with Crippen LogP contribution in [0, 0.1) is 0 Å². The molecule has 29 heavy (non-hydrogen) atoms. The van der Waals surface area contributed by atoms with Crippen molar-refractivity contribution in [3.05, 3.63) is 71.0 Å². The summed E-state index contributed by atoms with van der Waals surface area (Å²) in [6, 6.07) is 15.9. The Balaban J connectivity index is 1.50. The number of thiazole rings is 1. The number of carbonyl (C=O) groups excluding carboxylic acids is 1. The monoisotopic (exact) mass is 416 g/mol. The molecule has 2 aromatic carbocycles. The summed E-state index contributed by atoms with van der Waals surface area (Å²) < 4.78 is 40.2. The molecule has 0 radical (unpaired) electrons. The van der Waals surface area contributed by atoms with Gasteiger partial charge in [-0.3, -0.25) is 4.79 Å². The van der Waals surface area contributed by atoms with Gasteiger partial charge in [0.1, 0.15) is 15.7 Å². The number of rotatable bonds is 5. The smallest absolute Gasteiger partial charge is 0.351 e. The van der Waals surface area contributed by atoms with Crippen LogP contribution in [0.5, 0.6) is 0 Å². The van der Waals surface area contributed by atoms with E-state index in [0.29, 0.717) is 17.8 Å². The number of aromatic amines is 1. The number of aromatic nitrogens is 3. The molecule has 0 aliphatic carbocycles. The highest BCUT2D eigenvalue weighted by molar-refractivity contribution is 7.17. The Hall–Kier alpha value is -3.20. The zero-order chi connectivity index (χ0) is 20.4. The summed E-state index contributed by atoms with van der Waals surface area (Å²) >= 11 is 0.731. The van der Waals surface area contributed by atoms with E-state index in [0.717, 1.165) is 22.4 Å². The molecule has 148 valence electrons. The molecule has 0 aliphatic heterocycles. The summed E-state index contributed by atoms with van der Waals surface area (Å²) in [5.41, 5.74) is 1.03. The Labute approximate surface area is 167 Å². The molecule has 5 nitrogen and oxygen atoms in total. The second kappa shape index (κ2) is 7.67. The Morgan fingerprint density at radius 1 is 1.03 bits per heavy atom. The normalized spacial score (nSPS) is 11.7. The van der Waals surface area contributed by atoms with Gasteiger partial charge in [0.2, 0.25) is 0 Å². The summed E-state index contributed by atoms with van der Waals surface area (Å²) in [6.45, 7) is 0.147. The van der Waals surface area contributed by atoms with E-state index in [-0.39, 0.29) is 11.6 Å². The third kappa shape index (κ3) is 4.14. The highest BCUT2D eigenvalue weighted by Crippen LogP contribution is 2.37. The maximum absolute atomic E-state index is 13.4. The lowest BCUT2D eigenvalue weighted by atomic mass is 10.2. The number of para-hydroxylation sites is 2. The fourth-order valence-electron chi connectivity index (χ4n) is 2.87. The van der Waals surface area contributed by atoms with E-state index in [1.54, 1.807) is 30.3 Å². The molecule has 9 heteroatoms. The van der Waals surface area contributed by atoms with Crippen LogP contribution in [0.15, 0.2) is 54.6 Å². The van der Waals surface area contributed by atoms with Gasteiger partial charge in [-0.25, -0.2) is 9.97 Å². The van der Waals surface area contributed by atoms with Gasteiger partial charge in [-0.2, -0.15) is 13.2 Å². The van der Waals surface area contributed by atoms with Crippen molar-refractivity contribution in [3.8, 4) is 10.6 Å². The van der Waals surface area contributed by atoms with Gasteiger partial charge in [0.05, 0.1) is 11.0 Å². The van der Waals surface area contributed by atoms with E-state index in [1.165, 1.54) is 0 Å². The van der Waals surface area contributed by atoms with Crippen LogP contribution in [0.2, 0.25) is 0 Å². The van der Waals surface area contributed by atoms with Crippen LogP contribution in [-0.2, 0) is 12.6 Å². The number of hydrogen-bond acceptors (Lipinski definition) is 4. The van der Waals surface area contributed by atoms with Gasteiger partial charge in [-0.15, -0.1) is 11.3 Å². The van der Waals surface area contributed by atoms with Crippen LogP contribution in [0.1, 0.15) is 21.2 Å². The van der Waals surface area contributed by atoms with Crippen molar-refractivity contribution in [2.75, 3.05) is 6.54 Å². The first kappa shape index (κ1) is 19.1. The Morgan fingerprint density at radius 2 is 1.76 bits per heavy atom. The number of nitrogens with one attached hydrogen (secondary N) is 2. The standard InChI is InChI=1S/C20H15F3N4OS/c21-20(22,23)17-16(29-19(27-17)12-6-2-1-3-7-12)18(28)24-11-10-15-25-13-8-4-5-9-14(13)26-15/h1-9H,10-11H2,(H,24,28)(H,25,26). The summed E-state index contributed by atoms with van der Waals surface area (Å²) in [5, 5.41) is 2.69. The van der Waals surface area contributed by atoms with E-state index in [1.807, 2.05) is 24.3 Å². The Morgan fingerprint density at radius 3 is 2.48 bits per heavy atom. The molecule has 0 fully saturated rings. The number of H-pyrrole nitrogens is 1. The van der Waals surface area contributed by atoms with Crippen LogP contribution in [0.4, 0.5) is 13.2 Å². The SMILES string of the molecule is O=C(NCCc1nc2ccccc2[nH]1)c1sc(-c2ccccc2)nc1C(F)(F)F. The van der Waals surface area contributed by atoms with Gasteiger partial charge in [-0.05, 0) is 12.1 Å². The van der Waals surface area contributed by atoms with E-state index in [2.05, 4.69) is 20.3 Å². The Kier molecular flexibility index (Phi) is 5.06.